The molecule has 2 aromatic rings. The van der Waals surface area contributed by atoms with Gasteiger partial charge in [-0.2, -0.15) is 0 Å². The fourth-order valence-electron chi connectivity index (χ4n) is 2.98. The van der Waals surface area contributed by atoms with Gasteiger partial charge in [-0.15, -0.1) is 0 Å². The highest BCUT2D eigenvalue weighted by molar-refractivity contribution is 6.43. The van der Waals surface area contributed by atoms with Crippen LogP contribution in [-0.4, -0.2) is 51.0 Å². The Kier molecular flexibility index (Phi) is 8.14. The number of aromatic carboxylic acids is 1. The van der Waals surface area contributed by atoms with Gasteiger partial charge in [0.05, 0.1) is 12.4 Å². The predicted octanol–water partition coefficient (Wildman–Crippen LogP) is 0.894. The molecule has 1 amide bonds. The number of Topliss-reactive ketones (excluding diaryl/α,β-unsaturated/α-hetero) is 1. The zero-order valence-electron chi connectivity index (χ0n) is 16.5. The molecule has 0 aliphatic carbocycles. The zero-order chi connectivity index (χ0) is 22.3. The summed E-state index contributed by atoms with van der Waals surface area (Å²) in [5.74, 6) is -3.29. The van der Waals surface area contributed by atoms with Gasteiger partial charge in [-0.3, -0.25) is 4.79 Å². The minimum Gasteiger partial charge on any atom is -0.507 e. The van der Waals surface area contributed by atoms with E-state index in [4.69, 9.17) is 5.11 Å². The van der Waals surface area contributed by atoms with Crippen molar-refractivity contribution in [1.82, 2.24) is 5.32 Å². The predicted molar refractivity (Wildman–Crippen MR) is 110 cm³/mol. The van der Waals surface area contributed by atoms with Crippen molar-refractivity contribution < 1.29 is 34.6 Å². The molecule has 1 atom stereocenters. The second-order valence-corrected chi connectivity index (χ2v) is 7.11. The van der Waals surface area contributed by atoms with Gasteiger partial charge >= 0.3 is 13.1 Å². The van der Waals surface area contributed by atoms with Gasteiger partial charge in [-0.25, -0.2) is 4.79 Å². The summed E-state index contributed by atoms with van der Waals surface area (Å²) in [6.45, 7) is 1.53. The van der Waals surface area contributed by atoms with Crippen molar-refractivity contribution in [2.24, 2.45) is 0 Å². The van der Waals surface area contributed by atoms with E-state index in [1.165, 1.54) is 25.1 Å². The second-order valence-electron chi connectivity index (χ2n) is 7.11. The third kappa shape index (κ3) is 6.72. The molecular formula is C21H24BNO7. The van der Waals surface area contributed by atoms with Crippen LogP contribution in [0.5, 0.6) is 5.75 Å². The van der Waals surface area contributed by atoms with Crippen LogP contribution in [0.4, 0.5) is 0 Å². The highest BCUT2D eigenvalue weighted by Crippen LogP contribution is 2.24. The maximum absolute atomic E-state index is 12.3. The Morgan fingerprint density at radius 3 is 2.23 bits per heavy atom. The maximum Gasteiger partial charge on any atom is 0.475 e. The lowest BCUT2D eigenvalue weighted by Crippen LogP contribution is -2.48. The lowest BCUT2D eigenvalue weighted by Gasteiger charge is -2.19. The summed E-state index contributed by atoms with van der Waals surface area (Å²) in [5, 5.41) is 40.9. The molecule has 2 rings (SSSR count). The van der Waals surface area contributed by atoms with E-state index < -0.39 is 30.7 Å². The second kappa shape index (κ2) is 10.6. The quantitative estimate of drug-likeness (QED) is 0.364. The van der Waals surface area contributed by atoms with Crippen molar-refractivity contribution in [3.05, 3.63) is 64.7 Å². The van der Waals surface area contributed by atoms with Crippen molar-refractivity contribution in [1.29, 1.82) is 0 Å². The summed E-state index contributed by atoms with van der Waals surface area (Å²) in [6, 6.07) is 11.3. The van der Waals surface area contributed by atoms with E-state index in [0.717, 1.165) is 5.56 Å². The first-order valence-corrected chi connectivity index (χ1v) is 9.44. The van der Waals surface area contributed by atoms with Gasteiger partial charge in [0.2, 0.25) is 5.91 Å². The number of carbonyl (C=O) groups is 3. The molecule has 0 aliphatic heterocycles. The van der Waals surface area contributed by atoms with Gasteiger partial charge in [-0.05, 0) is 42.5 Å². The molecule has 2 aromatic carbocycles. The van der Waals surface area contributed by atoms with Crippen molar-refractivity contribution in [3.63, 3.8) is 0 Å². The number of amides is 1. The Labute approximate surface area is 174 Å². The molecule has 5 N–H and O–H groups in total. The van der Waals surface area contributed by atoms with Crippen molar-refractivity contribution in [2.45, 2.75) is 38.5 Å². The molecule has 0 fully saturated rings. The van der Waals surface area contributed by atoms with Gasteiger partial charge in [0.25, 0.3) is 0 Å². The third-order valence-corrected chi connectivity index (χ3v) is 4.65. The van der Waals surface area contributed by atoms with E-state index in [2.05, 4.69) is 5.32 Å². The molecule has 0 unspecified atom stereocenters. The molecule has 0 aliphatic rings. The van der Waals surface area contributed by atoms with Crippen LogP contribution in [-0.2, 0) is 28.9 Å². The Morgan fingerprint density at radius 2 is 1.67 bits per heavy atom. The standard InChI is InChI=1S/C21H24BNO7/c1-13(24)5-6-14-7-9-15(10-8-14)11-19(25)23-18(22(29)30)12-16-3-2-4-17(20(16)26)21(27)28/h2-4,7-10,18,26,29-30H,5-6,11-12H2,1H3,(H,23,25)(H,27,28)/t18-/m0/s1. The van der Waals surface area contributed by atoms with Crippen molar-refractivity contribution >= 4 is 24.8 Å². The highest BCUT2D eigenvalue weighted by atomic mass is 16.4. The molecule has 0 saturated heterocycles. The Hall–Kier alpha value is -3.17. The molecule has 0 bridgehead atoms. The van der Waals surface area contributed by atoms with Gasteiger partial charge in [0.15, 0.2) is 0 Å². The zero-order valence-corrected chi connectivity index (χ0v) is 16.5. The van der Waals surface area contributed by atoms with Crippen molar-refractivity contribution in [2.75, 3.05) is 0 Å². The third-order valence-electron chi connectivity index (χ3n) is 4.65. The largest absolute Gasteiger partial charge is 0.507 e. The van der Waals surface area contributed by atoms with Crippen LogP contribution in [0.15, 0.2) is 42.5 Å². The van der Waals surface area contributed by atoms with Crippen LogP contribution in [0.3, 0.4) is 0 Å². The molecule has 30 heavy (non-hydrogen) atoms. The number of hydrogen-bond donors (Lipinski definition) is 5. The average Bonchev–Trinajstić information content (AvgIpc) is 2.68. The van der Waals surface area contributed by atoms with Crippen LogP contribution in [0.2, 0.25) is 0 Å². The molecule has 8 nitrogen and oxygen atoms in total. The SMILES string of the molecule is CC(=O)CCc1ccc(CC(=O)N[C@@H](Cc2cccc(C(=O)O)c2O)B(O)O)cc1. The van der Waals surface area contributed by atoms with E-state index in [0.29, 0.717) is 18.4 Å². The number of carboxylic acid groups (broad SMARTS) is 1. The number of phenols is 1. The highest BCUT2D eigenvalue weighted by Gasteiger charge is 2.27. The van der Waals surface area contributed by atoms with Crippen LogP contribution >= 0.6 is 0 Å². The van der Waals surface area contributed by atoms with E-state index in [9.17, 15) is 29.5 Å². The van der Waals surface area contributed by atoms with Crippen LogP contribution in [0, 0.1) is 0 Å². The Morgan fingerprint density at radius 1 is 1.03 bits per heavy atom. The molecule has 9 heteroatoms. The monoisotopic (exact) mass is 413 g/mol. The molecule has 0 aromatic heterocycles. The smallest absolute Gasteiger partial charge is 0.475 e. The number of aryl methyl sites for hydroxylation is 1. The number of para-hydroxylation sites is 1. The van der Waals surface area contributed by atoms with Gasteiger partial charge in [0.1, 0.15) is 17.1 Å². The summed E-state index contributed by atoms with van der Waals surface area (Å²) in [6.07, 6.45) is 0.906. The number of benzene rings is 2. The van der Waals surface area contributed by atoms with E-state index in [1.54, 1.807) is 12.1 Å². The lowest BCUT2D eigenvalue weighted by atomic mass is 9.75. The molecule has 0 radical (unpaired) electrons. The summed E-state index contributed by atoms with van der Waals surface area (Å²) in [7, 11) is -1.91. The molecular weight excluding hydrogens is 389 g/mol. The fraction of sp³-hybridized carbons (Fsp3) is 0.286. The van der Waals surface area contributed by atoms with E-state index in [-0.39, 0.29) is 29.8 Å². The normalized spacial score (nSPS) is 11.6. The number of aromatic hydroxyl groups is 1. The van der Waals surface area contributed by atoms with E-state index >= 15 is 0 Å². The average molecular weight is 413 g/mol. The lowest BCUT2D eigenvalue weighted by molar-refractivity contribution is -0.121. The number of carbonyl (C=O) groups excluding carboxylic acids is 2. The number of hydrogen-bond acceptors (Lipinski definition) is 6. The summed E-state index contributed by atoms with van der Waals surface area (Å²) in [5.41, 5.74) is 1.55. The first-order chi connectivity index (χ1) is 14.2. The molecule has 0 heterocycles. The number of rotatable bonds is 10. The van der Waals surface area contributed by atoms with E-state index in [1.807, 2.05) is 12.1 Å². The molecule has 0 saturated carbocycles. The Balaban J connectivity index is 2.01. The minimum atomic E-state index is -1.91. The fourth-order valence-corrected chi connectivity index (χ4v) is 2.98. The van der Waals surface area contributed by atoms with Crippen LogP contribution in [0.1, 0.15) is 40.4 Å². The maximum atomic E-state index is 12.3. The summed E-state index contributed by atoms with van der Waals surface area (Å²) in [4.78, 5) is 34.5. The molecule has 0 spiro atoms. The first kappa shape index (κ1) is 23.1. The summed E-state index contributed by atoms with van der Waals surface area (Å²) >= 11 is 0. The van der Waals surface area contributed by atoms with Gasteiger partial charge in [-0.1, -0.05) is 36.4 Å². The topological polar surface area (TPSA) is 144 Å². The first-order valence-electron chi connectivity index (χ1n) is 9.44. The van der Waals surface area contributed by atoms with Crippen LogP contribution < -0.4 is 5.32 Å². The Bertz CT molecular complexity index is 912. The van der Waals surface area contributed by atoms with Gasteiger partial charge < -0.3 is 30.4 Å². The molecule has 158 valence electrons. The summed E-state index contributed by atoms with van der Waals surface area (Å²) < 4.78 is 0. The number of carboxylic acids is 1. The minimum absolute atomic E-state index is 0.00262. The number of ketones is 1. The van der Waals surface area contributed by atoms with Crippen LogP contribution in [0.25, 0.3) is 0 Å². The van der Waals surface area contributed by atoms with Crippen molar-refractivity contribution in [3.8, 4) is 5.75 Å². The van der Waals surface area contributed by atoms with Gasteiger partial charge in [0, 0.05) is 6.42 Å². The number of nitrogens with one attached hydrogen (secondary N) is 1.